The maximum absolute atomic E-state index is 4.85. The van der Waals surface area contributed by atoms with E-state index in [2.05, 4.69) is 76.7 Å². The number of hydrogen-bond donors (Lipinski definition) is 0. The Kier molecular flexibility index (Phi) is 5.77. The van der Waals surface area contributed by atoms with Gasteiger partial charge in [-0.05, 0) is 75.1 Å². The van der Waals surface area contributed by atoms with Crippen LogP contribution >= 0.6 is 0 Å². The first-order chi connectivity index (χ1) is 15.9. The van der Waals surface area contributed by atoms with Crippen LogP contribution in [0.3, 0.4) is 0 Å². The van der Waals surface area contributed by atoms with E-state index in [-0.39, 0.29) is 19.5 Å². The molecule has 3 aromatic heterocycles. The van der Waals surface area contributed by atoms with Crippen molar-refractivity contribution in [2.75, 3.05) is 0 Å². The summed E-state index contributed by atoms with van der Waals surface area (Å²) in [6.07, 6.45) is 3.66. The molecule has 0 unspecified atom stereocenters. The van der Waals surface area contributed by atoms with E-state index in [9.17, 15) is 0 Å². The van der Waals surface area contributed by atoms with Gasteiger partial charge in [-0.2, -0.15) is 0 Å². The van der Waals surface area contributed by atoms with Gasteiger partial charge in [0.15, 0.2) is 0 Å². The molecule has 0 saturated carbocycles. The second-order valence-electron chi connectivity index (χ2n) is 7.75. The molecule has 0 fully saturated rings. The fraction of sp³-hybridized carbons (Fsp3) is 0. The van der Waals surface area contributed by atoms with Crippen molar-refractivity contribution in [1.29, 1.82) is 0 Å². The maximum atomic E-state index is 4.85. The molecule has 0 N–H and O–H groups in total. The minimum absolute atomic E-state index is 0. The van der Waals surface area contributed by atoms with Gasteiger partial charge >= 0.3 is 0 Å². The van der Waals surface area contributed by atoms with Crippen molar-refractivity contribution >= 4 is 21.5 Å². The number of benzene rings is 3. The number of nitrogens with zero attached hydrogens (tertiary/aromatic N) is 3. The van der Waals surface area contributed by atoms with Gasteiger partial charge in [0, 0.05) is 31.9 Å². The minimum atomic E-state index is 0. The van der Waals surface area contributed by atoms with Gasteiger partial charge in [-0.3, -0.25) is 9.97 Å². The molecule has 6 rings (SSSR count). The van der Waals surface area contributed by atoms with Crippen LogP contribution in [0, 0.1) is 0 Å². The van der Waals surface area contributed by atoms with Crippen molar-refractivity contribution in [3.05, 3.63) is 116 Å². The summed E-state index contributed by atoms with van der Waals surface area (Å²) >= 11 is 0. The molecule has 158 valence electrons. The molecule has 0 radical (unpaired) electrons. The van der Waals surface area contributed by atoms with Crippen molar-refractivity contribution < 1.29 is 19.5 Å². The number of aromatic nitrogens is 3. The molecule has 0 bridgehead atoms. The summed E-state index contributed by atoms with van der Waals surface area (Å²) in [5, 5.41) is 4.93. The average molecular weight is 511 g/mol. The van der Waals surface area contributed by atoms with E-state index in [0.717, 1.165) is 28.3 Å². The summed E-state index contributed by atoms with van der Waals surface area (Å²) < 4.78 is 0. The topological polar surface area (TPSA) is 38.7 Å². The first-order valence-electron chi connectivity index (χ1n) is 10.6. The van der Waals surface area contributed by atoms with Crippen LogP contribution in [0.2, 0.25) is 0 Å². The van der Waals surface area contributed by atoms with E-state index < -0.39 is 0 Å². The summed E-state index contributed by atoms with van der Waals surface area (Å²) in [5.41, 5.74) is 5.73. The van der Waals surface area contributed by atoms with Crippen molar-refractivity contribution in [2.24, 2.45) is 0 Å². The van der Waals surface area contributed by atoms with Gasteiger partial charge in [-0.15, -0.1) is 0 Å². The third-order valence-corrected chi connectivity index (χ3v) is 5.76. The SMILES string of the molecule is [Ru].c1ccc(-c2cccc(-c3cc(-c4c5ccccc5cc5ccccc45)ccn3)n2)nc1. The molecule has 0 saturated heterocycles. The zero-order valence-corrected chi connectivity index (χ0v) is 19.4. The van der Waals surface area contributed by atoms with Crippen molar-refractivity contribution in [3.63, 3.8) is 0 Å². The smallest absolute Gasteiger partial charge is 0.0894 e. The maximum Gasteiger partial charge on any atom is 0.0894 e. The second kappa shape index (κ2) is 9.01. The van der Waals surface area contributed by atoms with Gasteiger partial charge in [0.1, 0.15) is 0 Å². The Morgan fingerprint density at radius 2 is 1.06 bits per heavy atom. The van der Waals surface area contributed by atoms with Crippen LogP contribution in [0.1, 0.15) is 0 Å². The van der Waals surface area contributed by atoms with Crippen LogP contribution in [0.25, 0.3) is 55.4 Å². The Labute approximate surface area is 205 Å². The molecule has 0 aliphatic heterocycles. The third kappa shape index (κ3) is 3.95. The first kappa shape index (κ1) is 21.1. The predicted molar refractivity (Wildman–Crippen MR) is 131 cm³/mol. The van der Waals surface area contributed by atoms with Gasteiger partial charge in [0.05, 0.1) is 22.8 Å². The first-order valence-corrected chi connectivity index (χ1v) is 10.6. The Morgan fingerprint density at radius 1 is 0.455 bits per heavy atom. The average Bonchev–Trinajstić information content (AvgIpc) is 2.88. The zero-order valence-electron chi connectivity index (χ0n) is 17.7. The molecule has 0 spiro atoms. The van der Waals surface area contributed by atoms with Crippen LogP contribution in [0.5, 0.6) is 0 Å². The molecular weight excluding hydrogens is 491 g/mol. The van der Waals surface area contributed by atoms with Gasteiger partial charge in [0.2, 0.25) is 0 Å². The third-order valence-electron chi connectivity index (χ3n) is 5.76. The normalized spacial score (nSPS) is 10.8. The van der Waals surface area contributed by atoms with Gasteiger partial charge in [-0.1, -0.05) is 60.7 Å². The molecule has 3 heterocycles. The van der Waals surface area contributed by atoms with Gasteiger partial charge in [-0.25, -0.2) is 4.98 Å². The molecule has 0 aliphatic rings. The molecule has 6 aromatic rings. The van der Waals surface area contributed by atoms with E-state index in [1.165, 1.54) is 27.1 Å². The second-order valence-corrected chi connectivity index (χ2v) is 7.75. The molecule has 3 aromatic carbocycles. The van der Waals surface area contributed by atoms with Crippen LogP contribution in [-0.2, 0) is 19.5 Å². The molecule has 0 atom stereocenters. The fourth-order valence-electron chi connectivity index (χ4n) is 4.29. The largest absolute Gasteiger partial charge is 0.255 e. The zero-order chi connectivity index (χ0) is 21.3. The standard InChI is InChI=1S/C29H19N3.Ru/c1-3-10-23-20(8-1)18-21-9-2-4-11-24(21)29(23)22-15-17-31-28(19-22)27-14-7-13-26(32-27)25-12-5-6-16-30-25;/h1-19H;. The van der Waals surface area contributed by atoms with Crippen LogP contribution in [-0.4, -0.2) is 15.0 Å². The quantitative estimate of drug-likeness (QED) is 0.187. The summed E-state index contributed by atoms with van der Waals surface area (Å²) in [4.78, 5) is 13.9. The summed E-state index contributed by atoms with van der Waals surface area (Å²) in [6.45, 7) is 0. The molecule has 3 nitrogen and oxygen atoms in total. The summed E-state index contributed by atoms with van der Waals surface area (Å²) in [6, 6.07) is 35.4. The Bertz CT molecular complexity index is 1520. The molecular formula is C29H19N3Ru. The molecule has 0 amide bonds. The Balaban J connectivity index is 0.00000228. The van der Waals surface area contributed by atoms with E-state index in [1.54, 1.807) is 6.20 Å². The number of fused-ring (bicyclic) bond motifs is 2. The summed E-state index contributed by atoms with van der Waals surface area (Å²) in [5.74, 6) is 0. The van der Waals surface area contributed by atoms with Crippen molar-refractivity contribution in [1.82, 2.24) is 15.0 Å². The van der Waals surface area contributed by atoms with E-state index in [0.29, 0.717) is 0 Å². The predicted octanol–water partition coefficient (Wildman–Crippen LogP) is 7.18. The van der Waals surface area contributed by atoms with Crippen LogP contribution in [0.15, 0.2) is 116 Å². The van der Waals surface area contributed by atoms with Gasteiger partial charge in [0.25, 0.3) is 0 Å². The van der Waals surface area contributed by atoms with Crippen LogP contribution < -0.4 is 0 Å². The van der Waals surface area contributed by atoms with Crippen molar-refractivity contribution in [3.8, 4) is 33.9 Å². The Hall–Kier alpha value is -3.75. The molecule has 0 aliphatic carbocycles. The van der Waals surface area contributed by atoms with E-state index in [4.69, 9.17) is 4.98 Å². The fourth-order valence-corrected chi connectivity index (χ4v) is 4.29. The van der Waals surface area contributed by atoms with E-state index >= 15 is 0 Å². The molecule has 33 heavy (non-hydrogen) atoms. The monoisotopic (exact) mass is 511 g/mol. The van der Waals surface area contributed by atoms with Gasteiger partial charge < -0.3 is 0 Å². The minimum Gasteiger partial charge on any atom is -0.255 e. The number of rotatable bonds is 3. The van der Waals surface area contributed by atoms with E-state index in [1.807, 2.05) is 42.6 Å². The molecule has 4 heteroatoms. The Morgan fingerprint density at radius 3 is 1.76 bits per heavy atom. The van der Waals surface area contributed by atoms with Crippen LogP contribution in [0.4, 0.5) is 0 Å². The number of pyridine rings is 3. The van der Waals surface area contributed by atoms with Crippen molar-refractivity contribution in [2.45, 2.75) is 0 Å². The summed E-state index contributed by atoms with van der Waals surface area (Å²) in [7, 11) is 0. The number of hydrogen-bond acceptors (Lipinski definition) is 3.